The van der Waals surface area contributed by atoms with Crippen molar-refractivity contribution in [2.45, 2.75) is 52.0 Å². The molecule has 0 atom stereocenters. The molecule has 0 aromatic rings. The molecule has 0 bridgehead atoms. The third kappa shape index (κ3) is 5.31. The van der Waals surface area contributed by atoms with E-state index in [0.29, 0.717) is 0 Å². The van der Waals surface area contributed by atoms with E-state index in [1.165, 1.54) is 5.23 Å². The van der Waals surface area contributed by atoms with Crippen LogP contribution in [-0.4, -0.2) is 47.4 Å². The van der Waals surface area contributed by atoms with Crippen LogP contribution in [0.1, 0.15) is 46.5 Å². The van der Waals surface area contributed by atoms with Crippen LogP contribution in [0.15, 0.2) is 0 Å². The van der Waals surface area contributed by atoms with Crippen molar-refractivity contribution in [1.82, 2.24) is 5.23 Å². The minimum absolute atomic E-state index is 0.0470. The van der Waals surface area contributed by atoms with Gasteiger partial charge in [0, 0.05) is 0 Å². The van der Waals surface area contributed by atoms with Gasteiger partial charge in [-0.15, -0.1) is 0 Å². The topological polar surface area (TPSA) is 62.2 Å². The Morgan fingerprint density at radius 2 is 1.41 bits per heavy atom. The highest BCUT2D eigenvalue weighted by molar-refractivity contribution is 4.81. The fourth-order valence-corrected chi connectivity index (χ4v) is 1.98. The summed E-state index contributed by atoms with van der Waals surface area (Å²) < 4.78 is 0. The maximum absolute atomic E-state index is 8.82. The molecule has 0 aliphatic heterocycles. The highest BCUT2D eigenvalue weighted by atomic mass is 17.0. The minimum Gasteiger partial charge on any atom is -0.394 e. The lowest BCUT2D eigenvalue weighted by Gasteiger charge is -2.40. The van der Waals surface area contributed by atoms with Gasteiger partial charge in [-0.25, -0.2) is 0 Å². The Hall–Kier alpha value is -0.200. The molecule has 0 radical (unpaired) electrons. The van der Waals surface area contributed by atoms with Gasteiger partial charge in [-0.05, 0) is 19.3 Å². The first-order valence-electron chi connectivity index (χ1n) is 6.48. The van der Waals surface area contributed by atoms with Gasteiger partial charge < -0.3 is 10.2 Å². The number of hydrogen-bond donors (Lipinski definition) is 2. The smallest absolute Gasteiger partial charge is 0.0943 e. The summed E-state index contributed by atoms with van der Waals surface area (Å²) in [5.74, 6) is 0. The second-order valence-corrected chi connectivity index (χ2v) is 4.05. The first-order chi connectivity index (χ1) is 8.20. The van der Waals surface area contributed by atoms with E-state index < -0.39 is 0 Å². The van der Waals surface area contributed by atoms with Gasteiger partial charge in [-0.1, -0.05) is 32.4 Å². The molecule has 0 rings (SSSR count). The van der Waals surface area contributed by atoms with Crippen molar-refractivity contribution < 1.29 is 19.9 Å². The van der Waals surface area contributed by atoms with Crippen molar-refractivity contribution in [3.8, 4) is 0 Å². The van der Waals surface area contributed by atoms with Crippen LogP contribution >= 0.6 is 0 Å². The SMILES string of the molecule is CCCC(CC)(CC)N(OCCO)OCCO. The maximum Gasteiger partial charge on any atom is 0.0943 e. The van der Waals surface area contributed by atoms with E-state index in [4.69, 9.17) is 19.9 Å². The van der Waals surface area contributed by atoms with Crippen LogP contribution in [0.4, 0.5) is 0 Å². The van der Waals surface area contributed by atoms with E-state index >= 15 is 0 Å². The standard InChI is InChI=1S/C12H27NO4/c1-4-7-12(5-2,6-3)13(16-10-8-14)17-11-9-15/h14-15H,4-11H2,1-3H3. The third-order valence-electron chi connectivity index (χ3n) is 3.02. The lowest BCUT2D eigenvalue weighted by molar-refractivity contribution is -0.418. The molecule has 104 valence electrons. The van der Waals surface area contributed by atoms with Crippen LogP contribution in [0, 0.1) is 0 Å². The predicted molar refractivity (Wildman–Crippen MR) is 66.1 cm³/mol. The average molecular weight is 249 g/mol. The molecular weight excluding hydrogens is 222 g/mol. The van der Waals surface area contributed by atoms with Crippen LogP contribution in [0.2, 0.25) is 0 Å². The van der Waals surface area contributed by atoms with Gasteiger partial charge in [0.25, 0.3) is 0 Å². The summed E-state index contributed by atoms with van der Waals surface area (Å²) in [6.45, 7) is 6.63. The lowest BCUT2D eigenvalue weighted by Crippen LogP contribution is -2.48. The Balaban J connectivity index is 4.64. The summed E-state index contributed by atoms with van der Waals surface area (Å²) in [6.07, 6.45) is 3.78. The molecule has 5 heteroatoms. The molecule has 2 N–H and O–H groups in total. The second kappa shape index (κ2) is 9.79. The molecule has 5 nitrogen and oxygen atoms in total. The average Bonchev–Trinajstić information content (AvgIpc) is 2.37. The first-order valence-corrected chi connectivity index (χ1v) is 6.48. The molecule has 0 aromatic heterocycles. The molecule has 0 heterocycles. The fraction of sp³-hybridized carbons (Fsp3) is 1.00. The summed E-state index contributed by atoms with van der Waals surface area (Å²) in [7, 11) is 0. The summed E-state index contributed by atoms with van der Waals surface area (Å²) in [4.78, 5) is 10.9. The van der Waals surface area contributed by atoms with Gasteiger partial charge in [-0.2, -0.15) is 0 Å². The molecule has 0 unspecified atom stereocenters. The van der Waals surface area contributed by atoms with Crippen molar-refractivity contribution in [2.75, 3.05) is 26.4 Å². The number of rotatable bonds is 11. The Bertz CT molecular complexity index is 166. The monoisotopic (exact) mass is 249 g/mol. The first kappa shape index (κ1) is 16.8. The molecular formula is C12H27NO4. The van der Waals surface area contributed by atoms with E-state index in [0.717, 1.165) is 25.7 Å². The van der Waals surface area contributed by atoms with Crippen molar-refractivity contribution >= 4 is 0 Å². The van der Waals surface area contributed by atoms with Crippen LogP contribution in [0.25, 0.3) is 0 Å². The maximum atomic E-state index is 8.82. The number of hydroxylamine groups is 2. The summed E-state index contributed by atoms with van der Waals surface area (Å²) in [5, 5.41) is 19.1. The third-order valence-corrected chi connectivity index (χ3v) is 3.02. The molecule has 0 aromatic carbocycles. The van der Waals surface area contributed by atoms with Crippen molar-refractivity contribution in [2.24, 2.45) is 0 Å². The van der Waals surface area contributed by atoms with Crippen LogP contribution in [-0.2, 0) is 9.68 Å². The van der Waals surface area contributed by atoms with Gasteiger partial charge in [0.05, 0.1) is 32.0 Å². The van der Waals surface area contributed by atoms with Crippen molar-refractivity contribution in [3.63, 3.8) is 0 Å². The molecule has 17 heavy (non-hydrogen) atoms. The van der Waals surface area contributed by atoms with Gasteiger partial charge in [-0.3, -0.25) is 9.68 Å². The van der Waals surface area contributed by atoms with E-state index in [1.54, 1.807) is 0 Å². The minimum atomic E-state index is -0.181. The Kier molecular flexibility index (Phi) is 9.68. The molecule has 0 aliphatic rings. The zero-order valence-corrected chi connectivity index (χ0v) is 11.3. The molecule has 0 aliphatic carbocycles. The lowest BCUT2D eigenvalue weighted by atomic mass is 9.88. The highest BCUT2D eigenvalue weighted by Crippen LogP contribution is 2.29. The normalized spacial score (nSPS) is 12.4. The van der Waals surface area contributed by atoms with E-state index in [1.807, 2.05) is 0 Å². The van der Waals surface area contributed by atoms with Gasteiger partial charge in [0.15, 0.2) is 0 Å². The second-order valence-electron chi connectivity index (χ2n) is 4.05. The highest BCUT2D eigenvalue weighted by Gasteiger charge is 2.35. The van der Waals surface area contributed by atoms with Gasteiger partial charge in [0.1, 0.15) is 0 Å². The summed E-state index contributed by atoms with van der Waals surface area (Å²) in [5.41, 5.74) is -0.181. The largest absolute Gasteiger partial charge is 0.394 e. The van der Waals surface area contributed by atoms with E-state index in [2.05, 4.69) is 20.8 Å². The summed E-state index contributed by atoms with van der Waals surface area (Å²) in [6, 6.07) is 0. The zero-order chi connectivity index (χ0) is 13.1. The number of aliphatic hydroxyl groups excluding tert-OH is 2. The van der Waals surface area contributed by atoms with Crippen LogP contribution in [0.3, 0.4) is 0 Å². The molecule has 0 fully saturated rings. The van der Waals surface area contributed by atoms with Crippen molar-refractivity contribution in [3.05, 3.63) is 0 Å². The zero-order valence-electron chi connectivity index (χ0n) is 11.3. The van der Waals surface area contributed by atoms with Crippen LogP contribution < -0.4 is 0 Å². The fourth-order valence-electron chi connectivity index (χ4n) is 1.98. The Morgan fingerprint density at radius 3 is 1.71 bits per heavy atom. The molecule has 0 amide bonds. The quantitative estimate of drug-likeness (QED) is 0.543. The van der Waals surface area contributed by atoms with Crippen molar-refractivity contribution in [1.29, 1.82) is 0 Å². The number of aliphatic hydroxyl groups is 2. The summed E-state index contributed by atoms with van der Waals surface area (Å²) >= 11 is 0. The van der Waals surface area contributed by atoms with Gasteiger partial charge >= 0.3 is 0 Å². The molecule has 0 spiro atoms. The van der Waals surface area contributed by atoms with E-state index in [-0.39, 0.29) is 32.0 Å². The Labute approximate surface area is 104 Å². The Morgan fingerprint density at radius 1 is 0.941 bits per heavy atom. The number of nitrogens with zero attached hydrogens (tertiary/aromatic N) is 1. The predicted octanol–water partition coefficient (Wildman–Crippen LogP) is 1.50. The van der Waals surface area contributed by atoms with E-state index in [9.17, 15) is 0 Å². The van der Waals surface area contributed by atoms with Crippen LogP contribution in [0.5, 0.6) is 0 Å². The molecule has 0 saturated carbocycles. The van der Waals surface area contributed by atoms with Gasteiger partial charge in [0.2, 0.25) is 0 Å². The number of hydrogen-bond acceptors (Lipinski definition) is 5. The molecule has 0 saturated heterocycles.